The fourth-order valence-electron chi connectivity index (χ4n) is 3.79. The molecule has 0 bridgehead atoms. The molecule has 1 aromatic carbocycles. The highest BCUT2D eigenvalue weighted by Gasteiger charge is 2.35. The first kappa shape index (κ1) is 23.0. The van der Waals surface area contributed by atoms with E-state index in [4.69, 9.17) is 14.2 Å². The third-order valence-corrected chi connectivity index (χ3v) is 7.36. The first-order valence-corrected chi connectivity index (χ1v) is 12.0. The minimum absolute atomic E-state index is 0.208. The minimum Gasteiger partial charge on any atom is -0.497 e. The van der Waals surface area contributed by atoms with Crippen LogP contribution in [0.25, 0.3) is 6.08 Å². The Morgan fingerprint density at radius 2 is 2.00 bits per heavy atom. The van der Waals surface area contributed by atoms with E-state index >= 15 is 0 Å². The second-order valence-corrected chi connectivity index (χ2v) is 9.33. The molecule has 4 rings (SSSR count). The summed E-state index contributed by atoms with van der Waals surface area (Å²) >= 11 is 2.87. The molecule has 33 heavy (non-hydrogen) atoms. The highest BCUT2D eigenvalue weighted by atomic mass is 32.1. The molecule has 9 heteroatoms. The van der Waals surface area contributed by atoms with Gasteiger partial charge in [-0.25, -0.2) is 9.79 Å². The van der Waals surface area contributed by atoms with Gasteiger partial charge in [-0.15, -0.1) is 11.3 Å². The molecule has 0 saturated heterocycles. The van der Waals surface area contributed by atoms with Gasteiger partial charge in [0, 0.05) is 10.4 Å². The largest absolute Gasteiger partial charge is 0.497 e. The van der Waals surface area contributed by atoms with Gasteiger partial charge in [0.1, 0.15) is 17.5 Å². The fourth-order valence-corrected chi connectivity index (χ4v) is 5.75. The number of thiophene rings is 1. The molecule has 0 saturated carbocycles. The van der Waals surface area contributed by atoms with Gasteiger partial charge < -0.3 is 14.2 Å². The zero-order valence-electron chi connectivity index (χ0n) is 19.0. The standard InChI is InChI=1S/C24H24N2O5S2/c1-6-31-23(28)20-14(3)25-24-26(21(20)16-11-15(29-4)7-8-17(16)30-5)22(27)19(33-24)12-18-13(2)9-10-32-18/h7-12,21H,6H2,1-5H3/b19-12-. The number of carbonyl (C=O) groups is 1. The molecule has 0 spiro atoms. The monoisotopic (exact) mass is 484 g/mol. The second-order valence-electron chi connectivity index (χ2n) is 7.38. The number of hydrogen-bond acceptors (Lipinski definition) is 8. The van der Waals surface area contributed by atoms with Crippen molar-refractivity contribution < 1.29 is 19.0 Å². The van der Waals surface area contributed by atoms with Gasteiger partial charge >= 0.3 is 5.97 Å². The number of nitrogens with zero attached hydrogens (tertiary/aromatic N) is 2. The summed E-state index contributed by atoms with van der Waals surface area (Å²) in [6.07, 6.45) is 1.88. The van der Waals surface area contributed by atoms with Crippen molar-refractivity contribution in [3.8, 4) is 11.5 Å². The van der Waals surface area contributed by atoms with Crippen LogP contribution in [-0.4, -0.2) is 31.4 Å². The normalized spacial score (nSPS) is 15.8. The number of ether oxygens (including phenoxy) is 3. The average Bonchev–Trinajstić information content (AvgIpc) is 3.34. The number of allylic oxidation sites excluding steroid dienone is 1. The molecule has 1 aliphatic heterocycles. The molecule has 0 aliphatic carbocycles. The Morgan fingerprint density at radius 3 is 2.64 bits per heavy atom. The van der Waals surface area contributed by atoms with Crippen LogP contribution in [0.4, 0.5) is 0 Å². The zero-order chi connectivity index (χ0) is 23.7. The van der Waals surface area contributed by atoms with Gasteiger partial charge in [-0.3, -0.25) is 9.36 Å². The quantitative estimate of drug-likeness (QED) is 0.502. The maximum atomic E-state index is 13.7. The van der Waals surface area contributed by atoms with Crippen molar-refractivity contribution in [1.82, 2.24) is 4.57 Å². The van der Waals surface area contributed by atoms with E-state index in [2.05, 4.69) is 4.99 Å². The van der Waals surface area contributed by atoms with Crippen LogP contribution in [0.1, 0.15) is 35.9 Å². The van der Waals surface area contributed by atoms with Crippen molar-refractivity contribution >= 4 is 34.7 Å². The summed E-state index contributed by atoms with van der Waals surface area (Å²) in [5.41, 5.74) is 2.29. The molecule has 2 aromatic heterocycles. The number of rotatable bonds is 6. The van der Waals surface area contributed by atoms with E-state index in [1.165, 1.54) is 11.3 Å². The number of carbonyl (C=O) groups excluding carboxylic acids is 1. The summed E-state index contributed by atoms with van der Waals surface area (Å²) in [5, 5.41) is 1.99. The van der Waals surface area contributed by atoms with E-state index in [1.807, 2.05) is 24.4 Å². The summed E-state index contributed by atoms with van der Waals surface area (Å²) in [7, 11) is 3.11. The molecule has 0 amide bonds. The van der Waals surface area contributed by atoms with Crippen molar-refractivity contribution in [3.63, 3.8) is 0 Å². The molecular formula is C24H24N2O5S2. The molecule has 3 heterocycles. The lowest BCUT2D eigenvalue weighted by Crippen LogP contribution is -2.40. The van der Waals surface area contributed by atoms with Gasteiger partial charge in [-0.1, -0.05) is 11.3 Å². The SMILES string of the molecule is CCOC(=O)C1=C(C)N=c2s/c(=C\c3sccc3C)c(=O)n2C1c1cc(OC)ccc1OC. The molecule has 0 fully saturated rings. The summed E-state index contributed by atoms with van der Waals surface area (Å²) in [4.78, 5) is 32.8. The predicted molar refractivity (Wildman–Crippen MR) is 129 cm³/mol. The van der Waals surface area contributed by atoms with Crippen molar-refractivity contribution in [2.24, 2.45) is 4.99 Å². The fraction of sp³-hybridized carbons (Fsp3) is 0.292. The van der Waals surface area contributed by atoms with Crippen LogP contribution >= 0.6 is 22.7 Å². The third kappa shape index (κ3) is 4.14. The lowest BCUT2D eigenvalue weighted by atomic mass is 9.95. The van der Waals surface area contributed by atoms with E-state index in [0.29, 0.717) is 37.7 Å². The molecule has 1 atom stereocenters. The number of aryl methyl sites for hydroxylation is 1. The average molecular weight is 485 g/mol. The Hall–Kier alpha value is -3.17. The maximum absolute atomic E-state index is 13.7. The summed E-state index contributed by atoms with van der Waals surface area (Å²) in [5.74, 6) is 0.595. The van der Waals surface area contributed by atoms with E-state index < -0.39 is 12.0 Å². The molecule has 7 nitrogen and oxygen atoms in total. The zero-order valence-corrected chi connectivity index (χ0v) is 20.6. The van der Waals surface area contributed by atoms with Crippen LogP contribution < -0.4 is 24.4 Å². The lowest BCUT2D eigenvalue weighted by Gasteiger charge is -2.26. The highest BCUT2D eigenvalue weighted by Crippen LogP contribution is 2.37. The van der Waals surface area contributed by atoms with Gasteiger partial charge in [-0.2, -0.15) is 0 Å². The summed E-state index contributed by atoms with van der Waals surface area (Å²) < 4.78 is 18.5. The van der Waals surface area contributed by atoms with Crippen LogP contribution in [0, 0.1) is 6.92 Å². The molecule has 1 unspecified atom stereocenters. The summed E-state index contributed by atoms with van der Waals surface area (Å²) in [6, 6.07) is 6.56. The number of methoxy groups -OCH3 is 2. The Labute approximate surface area is 198 Å². The van der Waals surface area contributed by atoms with E-state index in [-0.39, 0.29) is 12.2 Å². The smallest absolute Gasteiger partial charge is 0.338 e. The number of thiazole rings is 1. The van der Waals surface area contributed by atoms with Crippen LogP contribution in [0.15, 0.2) is 50.7 Å². The predicted octanol–water partition coefficient (Wildman–Crippen LogP) is 3.19. The number of benzene rings is 1. The minimum atomic E-state index is -0.767. The molecular weight excluding hydrogens is 460 g/mol. The van der Waals surface area contributed by atoms with E-state index in [0.717, 1.165) is 10.4 Å². The van der Waals surface area contributed by atoms with Gasteiger partial charge in [0.2, 0.25) is 0 Å². The third-order valence-electron chi connectivity index (χ3n) is 5.41. The van der Waals surface area contributed by atoms with Crippen LogP contribution in [0.2, 0.25) is 0 Å². The van der Waals surface area contributed by atoms with Crippen LogP contribution in [0.3, 0.4) is 0 Å². The number of hydrogen-bond donors (Lipinski definition) is 0. The number of esters is 1. The Balaban J connectivity index is 2.03. The molecule has 0 radical (unpaired) electrons. The first-order valence-electron chi connectivity index (χ1n) is 10.3. The Morgan fingerprint density at radius 1 is 1.21 bits per heavy atom. The van der Waals surface area contributed by atoms with E-state index in [9.17, 15) is 9.59 Å². The molecule has 3 aromatic rings. The molecule has 1 aliphatic rings. The summed E-state index contributed by atoms with van der Waals surface area (Å²) in [6.45, 7) is 5.71. The molecule has 172 valence electrons. The van der Waals surface area contributed by atoms with Gasteiger partial charge in [0.05, 0.1) is 36.6 Å². The van der Waals surface area contributed by atoms with Crippen molar-refractivity contribution in [2.75, 3.05) is 20.8 Å². The van der Waals surface area contributed by atoms with Gasteiger partial charge in [0.15, 0.2) is 4.80 Å². The van der Waals surface area contributed by atoms with Crippen molar-refractivity contribution in [2.45, 2.75) is 26.8 Å². The van der Waals surface area contributed by atoms with E-state index in [1.54, 1.807) is 62.2 Å². The topological polar surface area (TPSA) is 79.1 Å². The van der Waals surface area contributed by atoms with Gasteiger partial charge in [-0.05, 0) is 62.1 Å². The highest BCUT2D eigenvalue weighted by molar-refractivity contribution is 7.11. The van der Waals surface area contributed by atoms with Crippen LogP contribution in [-0.2, 0) is 9.53 Å². The van der Waals surface area contributed by atoms with Crippen molar-refractivity contribution in [3.05, 3.63) is 76.6 Å². The number of fused-ring (bicyclic) bond motifs is 1. The Kier molecular flexibility index (Phi) is 6.53. The first-order chi connectivity index (χ1) is 15.9. The lowest BCUT2D eigenvalue weighted by molar-refractivity contribution is -0.139. The molecule has 0 N–H and O–H groups in total. The number of aromatic nitrogens is 1. The maximum Gasteiger partial charge on any atom is 0.338 e. The van der Waals surface area contributed by atoms with Crippen LogP contribution in [0.5, 0.6) is 11.5 Å². The Bertz CT molecular complexity index is 1430. The second kappa shape index (κ2) is 9.36. The van der Waals surface area contributed by atoms with Gasteiger partial charge in [0.25, 0.3) is 5.56 Å². The van der Waals surface area contributed by atoms with Crippen molar-refractivity contribution in [1.29, 1.82) is 0 Å².